The molecule has 2 heteroatoms. The maximum Gasteiger partial charge on any atom is 0.00858 e. The topological polar surface area (TPSA) is 0 Å². The van der Waals surface area contributed by atoms with Gasteiger partial charge in [0.1, 0.15) is 0 Å². The van der Waals surface area contributed by atoms with Crippen LogP contribution >= 0.6 is 23.5 Å². The van der Waals surface area contributed by atoms with E-state index in [2.05, 4.69) is 62.5 Å². The van der Waals surface area contributed by atoms with Gasteiger partial charge in [-0.05, 0) is 61.0 Å². The molecular formula is C42H77S2. The molecule has 0 heterocycles. The van der Waals surface area contributed by atoms with E-state index in [4.69, 9.17) is 0 Å². The second-order valence-electron chi connectivity index (χ2n) is 13.7. The third kappa shape index (κ3) is 28.2. The van der Waals surface area contributed by atoms with Crippen LogP contribution in [0.25, 0.3) is 0 Å². The Balaban J connectivity index is 2.09. The van der Waals surface area contributed by atoms with Crippen molar-refractivity contribution in [1.82, 2.24) is 0 Å². The fourth-order valence-corrected chi connectivity index (χ4v) is 8.38. The van der Waals surface area contributed by atoms with Crippen LogP contribution in [0.4, 0.5) is 0 Å². The van der Waals surface area contributed by atoms with Crippen molar-refractivity contribution in [2.75, 3.05) is 11.5 Å². The van der Waals surface area contributed by atoms with Crippen LogP contribution in [-0.2, 0) is 6.42 Å². The van der Waals surface area contributed by atoms with Gasteiger partial charge in [0, 0.05) is 9.79 Å². The normalized spacial score (nSPS) is 11.5. The number of unbranched alkanes of at least 4 members (excludes halogenated alkanes) is 27. The summed E-state index contributed by atoms with van der Waals surface area (Å²) in [6.45, 7) is 8.69. The van der Waals surface area contributed by atoms with E-state index in [1.54, 1.807) is 0 Å². The van der Waals surface area contributed by atoms with Crippen LogP contribution in [0.1, 0.15) is 212 Å². The maximum absolute atomic E-state index is 4.08. The minimum Gasteiger partial charge on any atom is -0.126 e. The average molecular weight is 646 g/mol. The average Bonchev–Trinajstić information content (AvgIpc) is 3.03. The zero-order chi connectivity index (χ0) is 31.6. The Morgan fingerprint density at radius 1 is 0.386 bits per heavy atom. The standard InChI is InChI=1S/C42H77S2/c1-4-7-10-12-14-16-18-20-22-24-26-28-30-32-35-43-41-37-40(34-9-6-3)38-42(39-41)44-36-33-31-29-27-25-23-21-19-17-15-13-11-8-5-2/h37-39H,3-36H2,1-2H3. The number of hydrogen-bond acceptors (Lipinski definition) is 2. The number of benzene rings is 1. The molecule has 1 aromatic carbocycles. The molecule has 0 amide bonds. The van der Waals surface area contributed by atoms with Gasteiger partial charge in [-0.25, -0.2) is 0 Å². The minimum absolute atomic E-state index is 1.04. The van der Waals surface area contributed by atoms with Crippen LogP contribution in [0.3, 0.4) is 0 Å². The minimum atomic E-state index is 1.04. The summed E-state index contributed by atoms with van der Waals surface area (Å²) in [5.41, 5.74) is 1.53. The van der Waals surface area contributed by atoms with Crippen LogP contribution in [0.5, 0.6) is 0 Å². The molecule has 1 aromatic rings. The van der Waals surface area contributed by atoms with Crippen LogP contribution in [-0.4, -0.2) is 11.5 Å². The van der Waals surface area contributed by atoms with Gasteiger partial charge < -0.3 is 0 Å². The summed E-state index contributed by atoms with van der Waals surface area (Å²) in [7, 11) is 0. The van der Waals surface area contributed by atoms with E-state index >= 15 is 0 Å². The molecule has 0 saturated carbocycles. The van der Waals surface area contributed by atoms with Crippen LogP contribution in [0, 0.1) is 6.92 Å². The van der Waals surface area contributed by atoms with Gasteiger partial charge in [0.15, 0.2) is 0 Å². The Morgan fingerprint density at radius 2 is 0.682 bits per heavy atom. The third-order valence-electron chi connectivity index (χ3n) is 9.19. The SMILES string of the molecule is [CH2]CCCc1cc(SCCCCCCCCCCCCCCCC)cc(SCCCCCCCCCCCCCCCC)c1. The molecule has 0 N–H and O–H groups in total. The highest BCUT2D eigenvalue weighted by molar-refractivity contribution is 8.00. The summed E-state index contributed by atoms with van der Waals surface area (Å²) in [6.07, 6.45) is 43.7. The van der Waals surface area contributed by atoms with Gasteiger partial charge >= 0.3 is 0 Å². The van der Waals surface area contributed by atoms with Crippen molar-refractivity contribution in [3.63, 3.8) is 0 Å². The molecule has 1 rings (SSSR count). The smallest absolute Gasteiger partial charge is 0.00858 e. The van der Waals surface area contributed by atoms with Crippen molar-refractivity contribution in [2.24, 2.45) is 0 Å². The molecule has 0 nitrogen and oxygen atoms in total. The second kappa shape index (κ2) is 34.3. The lowest BCUT2D eigenvalue weighted by Gasteiger charge is -2.10. The van der Waals surface area contributed by atoms with Crippen molar-refractivity contribution in [3.05, 3.63) is 30.7 Å². The third-order valence-corrected chi connectivity index (χ3v) is 11.3. The van der Waals surface area contributed by atoms with E-state index in [9.17, 15) is 0 Å². The van der Waals surface area contributed by atoms with Gasteiger partial charge in [-0.3, -0.25) is 0 Å². The van der Waals surface area contributed by atoms with E-state index in [1.165, 1.54) is 219 Å². The summed E-state index contributed by atoms with van der Waals surface area (Å²) >= 11 is 4.20. The first-order chi connectivity index (χ1) is 21.8. The van der Waals surface area contributed by atoms with Gasteiger partial charge in [0.2, 0.25) is 0 Å². The Bertz CT molecular complexity index is 647. The Hall–Kier alpha value is -0.0800. The summed E-state index contributed by atoms with van der Waals surface area (Å²) in [5, 5.41) is 0. The molecule has 0 aliphatic carbocycles. The summed E-state index contributed by atoms with van der Waals surface area (Å²) in [4.78, 5) is 3.01. The molecule has 0 aliphatic heterocycles. The van der Waals surface area contributed by atoms with Crippen molar-refractivity contribution < 1.29 is 0 Å². The lowest BCUT2D eigenvalue weighted by atomic mass is 10.0. The molecule has 0 atom stereocenters. The number of aryl methyl sites for hydroxylation is 1. The molecule has 0 spiro atoms. The molecule has 1 radical (unpaired) electrons. The number of rotatable bonds is 35. The van der Waals surface area contributed by atoms with E-state index in [1.807, 2.05) is 0 Å². The number of thioether (sulfide) groups is 2. The summed E-state index contributed by atoms with van der Waals surface area (Å²) < 4.78 is 0. The Labute approximate surface area is 287 Å². The predicted molar refractivity (Wildman–Crippen MR) is 207 cm³/mol. The number of hydrogen-bond donors (Lipinski definition) is 0. The Kier molecular flexibility index (Phi) is 32.7. The first-order valence-corrected chi connectivity index (χ1v) is 22.0. The lowest BCUT2D eigenvalue weighted by molar-refractivity contribution is 0.538. The zero-order valence-corrected chi connectivity index (χ0v) is 31.7. The monoisotopic (exact) mass is 646 g/mol. The van der Waals surface area contributed by atoms with Gasteiger partial charge in [-0.1, -0.05) is 194 Å². The summed E-state index contributed by atoms with van der Waals surface area (Å²) in [5.74, 6) is 2.56. The molecule has 0 aromatic heterocycles. The maximum atomic E-state index is 4.08. The van der Waals surface area contributed by atoms with Gasteiger partial charge in [0.25, 0.3) is 0 Å². The van der Waals surface area contributed by atoms with Gasteiger partial charge in [-0.2, -0.15) is 0 Å². The molecule has 257 valence electrons. The van der Waals surface area contributed by atoms with Crippen molar-refractivity contribution in [2.45, 2.75) is 223 Å². The first-order valence-electron chi connectivity index (χ1n) is 20.0. The van der Waals surface area contributed by atoms with Crippen molar-refractivity contribution in [1.29, 1.82) is 0 Å². The molecule has 0 aliphatic rings. The predicted octanol–water partition coefficient (Wildman–Crippen LogP) is 16.0. The highest BCUT2D eigenvalue weighted by atomic mass is 32.2. The largest absolute Gasteiger partial charge is 0.126 e. The second-order valence-corrected chi connectivity index (χ2v) is 16.0. The molecular weight excluding hydrogens is 569 g/mol. The van der Waals surface area contributed by atoms with Gasteiger partial charge in [-0.15, -0.1) is 23.5 Å². The molecule has 44 heavy (non-hydrogen) atoms. The van der Waals surface area contributed by atoms with E-state index in [0.29, 0.717) is 0 Å². The highest BCUT2D eigenvalue weighted by Gasteiger charge is 2.04. The van der Waals surface area contributed by atoms with Crippen LogP contribution in [0.2, 0.25) is 0 Å². The molecule has 0 saturated heterocycles. The van der Waals surface area contributed by atoms with Crippen molar-refractivity contribution >= 4 is 23.5 Å². The van der Waals surface area contributed by atoms with E-state index in [0.717, 1.165) is 6.42 Å². The lowest BCUT2D eigenvalue weighted by Crippen LogP contribution is -1.90. The zero-order valence-electron chi connectivity index (χ0n) is 30.1. The van der Waals surface area contributed by atoms with Crippen LogP contribution < -0.4 is 0 Å². The summed E-state index contributed by atoms with van der Waals surface area (Å²) in [6, 6.07) is 7.43. The van der Waals surface area contributed by atoms with Gasteiger partial charge in [0.05, 0.1) is 0 Å². The fraction of sp³-hybridized carbons (Fsp3) is 0.833. The fourth-order valence-electron chi connectivity index (χ4n) is 6.24. The highest BCUT2D eigenvalue weighted by Crippen LogP contribution is 2.30. The van der Waals surface area contributed by atoms with Crippen LogP contribution in [0.15, 0.2) is 28.0 Å². The van der Waals surface area contributed by atoms with Crippen molar-refractivity contribution in [3.8, 4) is 0 Å². The quantitative estimate of drug-likeness (QED) is 0.0532. The van der Waals surface area contributed by atoms with E-state index in [-0.39, 0.29) is 0 Å². The Morgan fingerprint density at radius 3 is 0.977 bits per heavy atom. The molecule has 0 bridgehead atoms. The first kappa shape index (κ1) is 41.9. The van der Waals surface area contributed by atoms with E-state index < -0.39 is 0 Å². The molecule has 0 fully saturated rings. The molecule has 0 unspecified atom stereocenters.